The third kappa shape index (κ3) is 4.08. The minimum absolute atomic E-state index is 0.0814. The number of amides is 1. The molecule has 0 saturated carbocycles. The molecule has 0 aromatic carbocycles. The van der Waals surface area contributed by atoms with Crippen molar-refractivity contribution >= 4 is 17.6 Å². The second-order valence-corrected chi connectivity index (χ2v) is 2.75. The van der Waals surface area contributed by atoms with Crippen molar-refractivity contribution in [2.45, 2.75) is 0 Å². The summed E-state index contributed by atoms with van der Waals surface area (Å²) in [7, 11) is 1.54. The summed E-state index contributed by atoms with van der Waals surface area (Å²) in [5, 5.41) is 5.29. The Morgan fingerprint density at radius 1 is 1.67 bits per heavy atom. The Kier molecular flexibility index (Phi) is 4.08. The van der Waals surface area contributed by atoms with Crippen LogP contribution in [-0.4, -0.2) is 30.4 Å². The highest BCUT2D eigenvalue weighted by molar-refractivity contribution is 5.94. The van der Waals surface area contributed by atoms with Crippen molar-refractivity contribution in [3.63, 3.8) is 0 Å². The Morgan fingerprint density at radius 3 is 3.07 bits per heavy atom. The first kappa shape index (κ1) is 11.0. The predicted molar refractivity (Wildman–Crippen MR) is 58.4 cm³/mol. The summed E-state index contributed by atoms with van der Waals surface area (Å²) in [4.78, 5) is 18.8. The van der Waals surface area contributed by atoms with Crippen LogP contribution in [0.4, 0.5) is 5.69 Å². The zero-order valence-corrected chi connectivity index (χ0v) is 8.40. The zero-order chi connectivity index (χ0) is 11.1. The van der Waals surface area contributed by atoms with Crippen LogP contribution in [0, 0.1) is 0 Å². The van der Waals surface area contributed by atoms with E-state index in [1.807, 2.05) is 0 Å². The molecule has 6 nitrogen and oxygen atoms in total. The van der Waals surface area contributed by atoms with Crippen LogP contribution in [0.3, 0.4) is 0 Å². The zero-order valence-electron chi connectivity index (χ0n) is 8.40. The number of hydrogen-bond acceptors (Lipinski definition) is 3. The quantitative estimate of drug-likeness (QED) is 0.462. The first-order valence-corrected chi connectivity index (χ1v) is 4.38. The number of nitrogens with two attached hydrogens (primary N) is 1. The highest BCUT2D eigenvalue weighted by Crippen LogP contribution is 2.01. The van der Waals surface area contributed by atoms with E-state index in [-0.39, 0.29) is 18.4 Å². The molecule has 0 aliphatic rings. The van der Waals surface area contributed by atoms with E-state index >= 15 is 0 Å². The molecule has 1 aromatic heterocycles. The number of rotatable bonds is 3. The lowest BCUT2D eigenvalue weighted by Crippen LogP contribution is -2.37. The van der Waals surface area contributed by atoms with Gasteiger partial charge in [-0.2, -0.15) is 0 Å². The van der Waals surface area contributed by atoms with E-state index in [1.165, 1.54) is 0 Å². The van der Waals surface area contributed by atoms with Crippen molar-refractivity contribution in [2.24, 2.45) is 10.7 Å². The maximum atomic E-state index is 11.3. The minimum Gasteiger partial charge on any atom is -0.370 e. The van der Waals surface area contributed by atoms with Gasteiger partial charge in [0.25, 0.3) is 0 Å². The number of nitrogens with one attached hydrogen (secondary N) is 2. The average Bonchev–Trinajstić information content (AvgIpc) is 2.27. The van der Waals surface area contributed by atoms with Gasteiger partial charge >= 0.3 is 0 Å². The number of anilines is 1. The molecule has 0 saturated heterocycles. The number of pyridine rings is 1. The summed E-state index contributed by atoms with van der Waals surface area (Å²) in [5.41, 5.74) is 6.01. The summed E-state index contributed by atoms with van der Waals surface area (Å²) < 4.78 is 0. The normalized spacial score (nSPS) is 10.9. The molecular weight excluding hydrogens is 194 g/mol. The summed E-state index contributed by atoms with van der Waals surface area (Å²) in [6, 6.07) is 3.49. The maximum Gasteiger partial charge on any atom is 0.243 e. The van der Waals surface area contributed by atoms with Crippen molar-refractivity contribution in [2.75, 3.05) is 18.9 Å². The molecule has 0 radical (unpaired) electrons. The van der Waals surface area contributed by atoms with Gasteiger partial charge in [0, 0.05) is 13.2 Å². The second kappa shape index (κ2) is 5.58. The summed E-state index contributed by atoms with van der Waals surface area (Å²) in [6.07, 6.45) is 3.20. The van der Waals surface area contributed by atoms with E-state index in [2.05, 4.69) is 20.6 Å². The minimum atomic E-state index is -0.199. The van der Waals surface area contributed by atoms with Crippen LogP contribution in [0.15, 0.2) is 29.5 Å². The number of nitrogens with zero attached hydrogens (tertiary/aromatic N) is 2. The molecule has 0 aliphatic carbocycles. The molecule has 1 amide bonds. The van der Waals surface area contributed by atoms with Gasteiger partial charge in [-0.1, -0.05) is 0 Å². The van der Waals surface area contributed by atoms with E-state index < -0.39 is 0 Å². The van der Waals surface area contributed by atoms with Crippen LogP contribution in [-0.2, 0) is 4.79 Å². The van der Waals surface area contributed by atoms with Gasteiger partial charge in [-0.15, -0.1) is 0 Å². The van der Waals surface area contributed by atoms with Gasteiger partial charge in [0.15, 0.2) is 5.96 Å². The Balaban J connectivity index is 2.37. The maximum absolute atomic E-state index is 11.3. The van der Waals surface area contributed by atoms with Crippen LogP contribution in [0.2, 0.25) is 0 Å². The van der Waals surface area contributed by atoms with Crippen LogP contribution < -0.4 is 16.4 Å². The molecule has 4 N–H and O–H groups in total. The highest BCUT2D eigenvalue weighted by Gasteiger charge is 2.01. The first-order valence-electron chi connectivity index (χ1n) is 4.38. The van der Waals surface area contributed by atoms with Crippen LogP contribution in [0.25, 0.3) is 0 Å². The number of hydrogen-bond donors (Lipinski definition) is 3. The van der Waals surface area contributed by atoms with Gasteiger partial charge < -0.3 is 16.4 Å². The van der Waals surface area contributed by atoms with Crippen LogP contribution >= 0.6 is 0 Å². The van der Waals surface area contributed by atoms with Gasteiger partial charge in [-0.25, -0.2) is 0 Å². The van der Waals surface area contributed by atoms with Gasteiger partial charge in [-0.05, 0) is 12.1 Å². The van der Waals surface area contributed by atoms with Crippen molar-refractivity contribution in [1.29, 1.82) is 0 Å². The fraction of sp³-hybridized carbons (Fsp3) is 0.222. The fourth-order valence-electron chi connectivity index (χ4n) is 0.892. The summed E-state index contributed by atoms with van der Waals surface area (Å²) in [6.45, 7) is 0.0814. The molecule has 0 spiro atoms. The first-order chi connectivity index (χ1) is 7.22. The Hall–Kier alpha value is -2.11. The van der Waals surface area contributed by atoms with Crippen molar-refractivity contribution in [3.05, 3.63) is 24.5 Å². The number of aromatic nitrogens is 1. The molecule has 1 heterocycles. The second-order valence-electron chi connectivity index (χ2n) is 2.75. The van der Waals surface area contributed by atoms with E-state index in [1.54, 1.807) is 31.6 Å². The van der Waals surface area contributed by atoms with Gasteiger partial charge in [0.2, 0.25) is 5.91 Å². The molecule has 0 fully saturated rings. The molecular formula is C9H13N5O. The van der Waals surface area contributed by atoms with Gasteiger partial charge in [-0.3, -0.25) is 14.8 Å². The number of aliphatic imine (C=N–C) groups is 1. The molecule has 6 heteroatoms. The van der Waals surface area contributed by atoms with E-state index in [4.69, 9.17) is 5.73 Å². The van der Waals surface area contributed by atoms with Crippen LogP contribution in [0.5, 0.6) is 0 Å². The Bertz CT molecular complexity index is 349. The van der Waals surface area contributed by atoms with Crippen molar-refractivity contribution in [3.8, 4) is 0 Å². The molecule has 1 aromatic rings. The molecule has 0 atom stereocenters. The molecule has 0 unspecified atom stereocenters. The largest absolute Gasteiger partial charge is 0.370 e. The Morgan fingerprint density at radius 2 is 2.47 bits per heavy atom. The van der Waals surface area contributed by atoms with Gasteiger partial charge in [0.1, 0.15) is 0 Å². The molecule has 15 heavy (non-hydrogen) atoms. The van der Waals surface area contributed by atoms with E-state index in [0.717, 1.165) is 0 Å². The third-order valence-corrected chi connectivity index (χ3v) is 1.62. The predicted octanol–water partition coefficient (Wildman–Crippen LogP) is -0.446. The topological polar surface area (TPSA) is 92.4 Å². The lowest BCUT2D eigenvalue weighted by Gasteiger charge is -2.05. The van der Waals surface area contributed by atoms with Gasteiger partial charge in [0.05, 0.1) is 18.4 Å². The smallest absolute Gasteiger partial charge is 0.243 e. The molecule has 0 aliphatic heterocycles. The summed E-state index contributed by atoms with van der Waals surface area (Å²) in [5.74, 6) is 0.0333. The molecule has 80 valence electrons. The number of carbonyl (C=O) groups excluding carboxylic acids is 1. The highest BCUT2D eigenvalue weighted by atomic mass is 16.1. The van der Waals surface area contributed by atoms with Crippen molar-refractivity contribution in [1.82, 2.24) is 10.3 Å². The van der Waals surface area contributed by atoms with Crippen molar-refractivity contribution < 1.29 is 4.79 Å². The SMILES string of the molecule is CN=C(N)NCC(=O)Nc1cccnc1. The third-order valence-electron chi connectivity index (χ3n) is 1.62. The lowest BCUT2D eigenvalue weighted by molar-refractivity contribution is -0.115. The van der Waals surface area contributed by atoms with E-state index in [0.29, 0.717) is 5.69 Å². The molecule has 0 bridgehead atoms. The standard InChI is InChI=1S/C9H13N5O/c1-11-9(10)13-6-8(15)14-7-3-2-4-12-5-7/h2-5H,6H2,1H3,(H,14,15)(H3,10,11,13). The van der Waals surface area contributed by atoms with Crippen LogP contribution in [0.1, 0.15) is 0 Å². The number of guanidine groups is 1. The fourth-order valence-corrected chi connectivity index (χ4v) is 0.892. The van der Waals surface area contributed by atoms with E-state index in [9.17, 15) is 4.79 Å². The molecule has 1 rings (SSSR count). The average molecular weight is 207 g/mol. The summed E-state index contributed by atoms with van der Waals surface area (Å²) >= 11 is 0. The number of carbonyl (C=O) groups is 1. The Labute approximate surface area is 87.6 Å². The lowest BCUT2D eigenvalue weighted by atomic mass is 10.4. The monoisotopic (exact) mass is 207 g/mol.